The molecule has 0 bridgehead atoms. The summed E-state index contributed by atoms with van der Waals surface area (Å²) >= 11 is 0. The van der Waals surface area contributed by atoms with Gasteiger partial charge < -0.3 is 10.4 Å². The van der Waals surface area contributed by atoms with Crippen molar-refractivity contribution < 1.29 is 14.7 Å². The highest BCUT2D eigenvalue weighted by Crippen LogP contribution is 2.34. The van der Waals surface area contributed by atoms with Crippen molar-refractivity contribution in [3.8, 4) is 0 Å². The molecule has 1 amide bonds. The molecule has 2 unspecified atom stereocenters. The lowest BCUT2D eigenvalue weighted by atomic mass is 10.2. The third-order valence-electron chi connectivity index (χ3n) is 3.14. The van der Waals surface area contributed by atoms with Gasteiger partial charge in [-0.05, 0) is 30.9 Å². The van der Waals surface area contributed by atoms with E-state index in [1.165, 1.54) is 18.3 Å². The van der Waals surface area contributed by atoms with Crippen LogP contribution in [0.2, 0.25) is 0 Å². The maximum Gasteiger partial charge on any atom is 0.337 e. The lowest BCUT2D eigenvalue weighted by Gasteiger charge is -2.04. The summed E-state index contributed by atoms with van der Waals surface area (Å²) in [5.41, 5.74) is 0.351. The number of aromatic carboxylic acids is 1. The molecule has 1 aliphatic carbocycles. The highest BCUT2D eigenvalue weighted by atomic mass is 16.4. The first kappa shape index (κ1) is 12.5. The monoisotopic (exact) mass is 248 g/mol. The van der Waals surface area contributed by atoms with E-state index in [4.69, 9.17) is 5.11 Å². The maximum absolute atomic E-state index is 11.8. The molecule has 0 aliphatic heterocycles. The molecule has 1 aromatic heterocycles. The van der Waals surface area contributed by atoms with Gasteiger partial charge in [-0.25, -0.2) is 4.79 Å². The molecule has 0 radical (unpaired) electrons. The highest BCUT2D eigenvalue weighted by Gasteiger charge is 2.37. The Balaban J connectivity index is 1.91. The molecule has 0 aromatic carbocycles. The van der Waals surface area contributed by atoms with Crippen LogP contribution in [0.25, 0.3) is 0 Å². The van der Waals surface area contributed by atoms with Crippen molar-refractivity contribution in [2.24, 2.45) is 5.92 Å². The summed E-state index contributed by atoms with van der Waals surface area (Å²) in [4.78, 5) is 26.3. The van der Waals surface area contributed by atoms with E-state index in [0.29, 0.717) is 5.92 Å². The van der Waals surface area contributed by atoms with E-state index >= 15 is 0 Å². The van der Waals surface area contributed by atoms with Gasteiger partial charge in [0, 0.05) is 12.2 Å². The quantitative estimate of drug-likeness (QED) is 0.831. The van der Waals surface area contributed by atoms with Crippen LogP contribution in [0.3, 0.4) is 0 Å². The molecule has 5 nitrogen and oxygen atoms in total. The molecular weight excluding hydrogens is 232 g/mol. The third kappa shape index (κ3) is 2.85. The molecule has 2 rings (SSSR count). The van der Waals surface area contributed by atoms with E-state index in [1.54, 1.807) is 0 Å². The van der Waals surface area contributed by atoms with Gasteiger partial charge in [0.2, 0.25) is 0 Å². The number of pyridine rings is 1. The predicted molar refractivity (Wildman–Crippen MR) is 65.5 cm³/mol. The smallest absolute Gasteiger partial charge is 0.337 e. The summed E-state index contributed by atoms with van der Waals surface area (Å²) in [7, 11) is 0. The van der Waals surface area contributed by atoms with Crippen molar-refractivity contribution in [1.29, 1.82) is 0 Å². The van der Waals surface area contributed by atoms with Crippen LogP contribution in [0.15, 0.2) is 18.3 Å². The van der Waals surface area contributed by atoms with Gasteiger partial charge in [-0.1, -0.05) is 13.3 Å². The largest absolute Gasteiger partial charge is 0.478 e. The van der Waals surface area contributed by atoms with Crippen molar-refractivity contribution >= 4 is 11.9 Å². The second kappa shape index (κ2) is 5.16. The number of hydrogen-bond acceptors (Lipinski definition) is 3. The van der Waals surface area contributed by atoms with Crippen LogP contribution in [-0.2, 0) is 0 Å². The summed E-state index contributed by atoms with van der Waals surface area (Å²) in [6, 6.07) is 3.09. The zero-order valence-electron chi connectivity index (χ0n) is 10.2. The lowest BCUT2D eigenvalue weighted by molar-refractivity contribution is 0.0695. The van der Waals surface area contributed by atoms with Crippen molar-refractivity contribution in [3.63, 3.8) is 0 Å². The standard InChI is InChI=1S/C13H16N2O3/c1-2-3-8-6-11(8)15-12(16)10-5-4-9(7-14-10)13(17)18/h4-5,7-8,11H,2-3,6H2,1H3,(H,15,16)(H,17,18). The molecule has 2 N–H and O–H groups in total. The molecule has 1 aliphatic rings. The van der Waals surface area contributed by atoms with Gasteiger partial charge in [-0.2, -0.15) is 0 Å². The summed E-state index contributed by atoms with van der Waals surface area (Å²) in [5, 5.41) is 11.6. The zero-order valence-corrected chi connectivity index (χ0v) is 10.2. The molecule has 18 heavy (non-hydrogen) atoms. The number of carboxylic acid groups (broad SMARTS) is 1. The van der Waals surface area contributed by atoms with Gasteiger partial charge in [0.25, 0.3) is 5.91 Å². The summed E-state index contributed by atoms with van der Waals surface area (Å²) in [5.74, 6) is -0.674. The number of carbonyl (C=O) groups excluding carboxylic acids is 1. The first-order valence-corrected chi connectivity index (χ1v) is 6.12. The normalized spacial score (nSPS) is 21.4. The SMILES string of the molecule is CCCC1CC1NC(=O)c1ccc(C(=O)O)cn1. The molecule has 0 saturated heterocycles. The molecule has 96 valence electrons. The number of hydrogen-bond donors (Lipinski definition) is 2. The molecule has 1 saturated carbocycles. The Morgan fingerprint density at radius 3 is 2.83 bits per heavy atom. The fourth-order valence-corrected chi connectivity index (χ4v) is 2.01. The Labute approximate surface area is 105 Å². The van der Waals surface area contributed by atoms with E-state index in [2.05, 4.69) is 17.2 Å². The first-order chi connectivity index (χ1) is 8.61. The van der Waals surface area contributed by atoms with Crippen LogP contribution >= 0.6 is 0 Å². The summed E-state index contributed by atoms with van der Waals surface area (Å²) < 4.78 is 0. The molecular formula is C13H16N2O3. The Bertz CT molecular complexity index is 456. The Morgan fingerprint density at radius 1 is 1.50 bits per heavy atom. The number of amides is 1. The number of carbonyl (C=O) groups is 2. The van der Waals surface area contributed by atoms with Crippen LogP contribution in [0.5, 0.6) is 0 Å². The van der Waals surface area contributed by atoms with Crippen LogP contribution in [-0.4, -0.2) is 28.0 Å². The second-order valence-corrected chi connectivity index (χ2v) is 4.60. The van der Waals surface area contributed by atoms with Gasteiger partial charge in [0.15, 0.2) is 0 Å². The minimum absolute atomic E-state index is 0.0850. The van der Waals surface area contributed by atoms with E-state index in [9.17, 15) is 9.59 Å². The van der Waals surface area contributed by atoms with Crippen LogP contribution in [0.1, 0.15) is 47.0 Å². The number of rotatable bonds is 5. The Morgan fingerprint density at radius 2 is 2.28 bits per heavy atom. The number of aromatic nitrogens is 1. The number of carboxylic acids is 1. The fraction of sp³-hybridized carbons (Fsp3) is 0.462. The van der Waals surface area contributed by atoms with Gasteiger partial charge in [0.1, 0.15) is 5.69 Å². The average molecular weight is 248 g/mol. The van der Waals surface area contributed by atoms with E-state index in [-0.39, 0.29) is 23.2 Å². The van der Waals surface area contributed by atoms with Crippen molar-refractivity contribution in [3.05, 3.63) is 29.6 Å². The number of nitrogens with zero attached hydrogens (tertiary/aromatic N) is 1. The minimum atomic E-state index is -1.04. The number of nitrogens with one attached hydrogen (secondary N) is 1. The van der Waals surface area contributed by atoms with Crippen LogP contribution in [0, 0.1) is 5.92 Å². The van der Waals surface area contributed by atoms with Gasteiger partial charge in [0.05, 0.1) is 5.56 Å². The van der Waals surface area contributed by atoms with E-state index in [1.807, 2.05) is 0 Å². The molecule has 5 heteroatoms. The van der Waals surface area contributed by atoms with E-state index < -0.39 is 5.97 Å². The maximum atomic E-state index is 11.8. The van der Waals surface area contributed by atoms with Crippen molar-refractivity contribution in [2.45, 2.75) is 32.2 Å². The predicted octanol–water partition coefficient (Wildman–Crippen LogP) is 1.70. The molecule has 0 spiro atoms. The lowest BCUT2D eigenvalue weighted by Crippen LogP contribution is -2.27. The molecule has 2 atom stereocenters. The zero-order chi connectivity index (χ0) is 13.1. The Hall–Kier alpha value is -1.91. The fourth-order valence-electron chi connectivity index (χ4n) is 2.01. The average Bonchev–Trinajstić information content (AvgIpc) is 3.08. The van der Waals surface area contributed by atoms with Gasteiger partial charge >= 0.3 is 5.97 Å². The summed E-state index contributed by atoms with van der Waals surface area (Å²) in [6.45, 7) is 2.13. The third-order valence-corrected chi connectivity index (χ3v) is 3.14. The van der Waals surface area contributed by atoms with E-state index in [0.717, 1.165) is 19.3 Å². The van der Waals surface area contributed by atoms with Crippen molar-refractivity contribution in [1.82, 2.24) is 10.3 Å². The van der Waals surface area contributed by atoms with Crippen LogP contribution in [0.4, 0.5) is 0 Å². The molecule has 1 heterocycles. The Kier molecular flexibility index (Phi) is 3.60. The van der Waals surface area contributed by atoms with Crippen LogP contribution < -0.4 is 5.32 Å². The molecule has 1 fully saturated rings. The van der Waals surface area contributed by atoms with Crippen molar-refractivity contribution in [2.75, 3.05) is 0 Å². The minimum Gasteiger partial charge on any atom is -0.478 e. The summed E-state index contributed by atoms with van der Waals surface area (Å²) in [6.07, 6.45) is 4.50. The second-order valence-electron chi connectivity index (χ2n) is 4.60. The highest BCUT2D eigenvalue weighted by molar-refractivity contribution is 5.94. The molecule has 1 aromatic rings. The first-order valence-electron chi connectivity index (χ1n) is 6.12. The van der Waals surface area contributed by atoms with Gasteiger partial charge in [-0.15, -0.1) is 0 Å². The topological polar surface area (TPSA) is 79.3 Å². The van der Waals surface area contributed by atoms with Gasteiger partial charge in [-0.3, -0.25) is 9.78 Å².